The number of aromatic nitrogens is 4. The lowest BCUT2D eigenvalue weighted by Crippen LogP contribution is -2.26. The molecule has 0 saturated heterocycles. The van der Waals surface area contributed by atoms with Crippen molar-refractivity contribution in [3.05, 3.63) is 57.1 Å². The van der Waals surface area contributed by atoms with E-state index >= 15 is 0 Å². The maximum Gasteiger partial charge on any atom is 0.436 e. The summed E-state index contributed by atoms with van der Waals surface area (Å²) < 4.78 is 47.4. The van der Waals surface area contributed by atoms with Gasteiger partial charge in [-0.25, -0.2) is 0 Å². The summed E-state index contributed by atoms with van der Waals surface area (Å²) in [7, 11) is 1.59. The lowest BCUT2D eigenvalue weighted by Gasteiger charge is -2.15. The molecule has 3 aromatic rings. The van der Waals surface area contributed by atoms with Crippen molar-refractivity contribution >= 4 is 27.5 Å². The van der Waals surface area contributed by atoms with Gasteiger partial charge in [-0.2, -0.15) is 23.4 Å². The third kappa shape index (κ3) is 4.67. The number of ether oxygens (including phenoxy) is 1. The van der Waals surface area contributed by atoms with Crippen molar-refractivity contribution in [1.82, 2.24) is 19.6 Å². The summed E-state index contributed by atoms with van der Waals surface area (Å²) in [6.45, 7) is 7.01. The van der Waals surface area contributed by atoms with Gasteiger partial charge in [0.1, 0.15) is 11.8 Å². The molecule has 0 radical (unpaired) electrons. The van der Waals surface area contributed by atoms with Crippen molar-refractivity contribution in [3.8, 4) is 5.75 Å². The van der Waals surface area contributed by atoms with Crippen LogP contribution in [0, 0.1) is 20.8 Å². The Labute approximate surface area is 191 Å². The van der Waals surface area contributed by atoms with Gasteiger partial charge in [-0.3, -0.25) is 14.2 Å². The van der Waals surface area contributed by atoms with E-state index in [1.165, 1.54) is 13.8 Å². The molecule has 32 heavy (non-hydrogen) atoms. The highest BCUT2D eigenvalue weighted by molar-refractivity contribution is 9.10. The van der Waals surface area contributed by atoms with Crippen LogP contribution in [0.2, 0.25) is 0 Å². The standard InChI is InChI=1S/C21H23BrF3N5O2/c1-11-18(13(3)29(27-11)10-15-7-6-8-16(9-15)32-5)26-20(31)14(4)30-12(2)17(22)19(28-30)21(23,24)25/h6-9,14H,10H2,1-5H3,(H,26,31). The minimum absolute atomic E-state index is 0.178. The first kappa shape index (κ1) is 23.8. The Morgan fingerprint density at radius 2 is 1.91 bits per heavy atom. The number of carbonyl (C=O) groups excluding carboxylic acids is 1. The van der Waals surface area contributed by atoms with Gasteiger partial charge in [-0.1, -0.05) is 12.1 Å². The van der Waals surface area contributed by atoms with Gasteiger partial charge in [-0.05, 0) is 61.3 Å². The molecule has 0 aliphatic carbocycles. The predicted octanol–water partition coefficient (Wildman–Crippen LogP) is 5.04. The van der Waals surface area contributed by atoms with Gasteiger partial charge < -0.3 is 10.1 Å². The SMILES string of the molecule is COc1cccc(Cn2nc(C)c(NC(=O)C(C)n3nc(C(F)(F)F)c(Br)c3C)c2C)c1. The first-order valence-electron chi connectivity index (χ1n) is 9.73. The van der Waals surface area contributed by atoms with E-state index in [0.717, 1.165) is 21.7 Å². The van der Waals surface area contributed by atoms with Crippen LogP contribution in [0.25, 0.3) is 0 Å². The Morgan fingerprint density at radius 3 is 2.50 bits per heavy atom. The van der Waals surface area contributed by atoms with Crippen molar-refractivity contribution < 1.29 is 22.7 Å². The van der Waals surface area contributed by atoms with Gasteiger partial charge in [0.2, 0.25) is 5.91 Å². The van der Waals surface area contributed by atoms with Crippen LogP contribution in [0.5, 0.6) is 5.75 Å². The molecular weight excluding hydrogens is 491 g/mol. The molecular formula is C21H23BrF3N5O2. The number of rotatable bonds is 6. The van der Waals surface area contributed by atoms with Crippen molar-refractivity contribution in [3.63, 3.8) is 0 Å². The van der Waals surface area contributed by atoms with E-state index < -0.39 is 23.8 Å². The monoisotopic (exact) mass is 513 g/mol. The molecule has 1 aromatic carbocycles. The van der Waals surface area contributed by atoms with E-state index in [0.29, 0.717) is 17.9 Å². The number of carbonyl (C=O) groups is 1. The first-order valence-corrected chi connectivity index (χ1v) is 10.5. The Morgan fingerprint density at radius 1 is 1.22 bits per heavy atom. The molecule has 0 spiro atoms. The van der Waals surface area contributed by atoms with Gasteiger partial charge in [0.05, 0.1) is 40.9 Å². The third-order valence-corrected chi connectivity index (χ3v) is 6.14. The van der Waals surface area contributed by atoms with Crippen LogP contribution in [0.4, 0.5) is 18.9 Å². The molecule has 172 valence electrons. The van der Waals surface area contributed by atoms with Gasteiger partial charge in [0, 0.05) is 0 Å². The maximum absolute atomic E-state index is 13.2. The van der Waals surface area contributed by atoms with Gasteiger partial charge >= 0.3 is 6.18 Å². The summed E-state index contributed by atoms with van der Waals surface area (Å²) in [4.78, 5) is 12.9. The zero-order chi connectivity index (χ0) is 23.8. The second-order valence-corrected chi connectivity index (χ2v) is 8.20. The van der Waals surface area contributed by atoms with Crippen molar-refractivity contribution in [2.45, 2.75) is 46.5 Å². The van der Waals surface area contributed by atoms with Crippen LogP contribution in [0.1, 0.15) is 41.3 Å². The molecule has 1 N–H and O–H groups in total. The number of alkyl halides is 3. The fraction of sp³-hybridized carbons (Fsp3) is 0.381. The Kier molecular flexibility index (Phi) is 6.68. The molecule has 2 aromatic heterocycles. The zero-order valence-corrected chi connectivity index (χ0v) is 19.8. The minimum atomic E-state index is -4.63. The van der Waals surface area contributed by atoms with E-state index in [2.05, 4.69) is 31.4 Å². The molecule has 11 heteroatoms. The van der Waals surface area contributed by atoms with Crippen molar-refractivity contribution in [1.29, 1.82) is 0 Å². The fourth-order valence-electron chi connectivity index (χ4n) is 3.37. The third-order valence-electron chi connectivity index (χ3n) is 5.19. The molecule has 1 amide bonds. The summed E-state index contributed by atoms with van der Waals surface area (Å²) in [6, 6.07) is 6.59. The molecule has 0 fully saturated rings. The molecule has 0 bridgehead atoms. The maximum atomic E-state index is 13.2. The predicted molar refractivity (Wildman–Crippen MR) is 117 cm³/mol. The summed E-state index contributed by atoms with van der Waals surface area (Å²) in [5, 5.41) is 10.9. The number of amides is 1. The molecule has 1 atom stereocenters. The summed E-state index contributed by atoms with van der Waals surface area (Å²) in [5.74, 6) is 0.231. The van der Waals surface area contributed by atoms with Crippen LogP contribution in [-0.2, 0) is 17.5 Å². The molecule has 0 aliphatic rings. The number of nitrogens with one attached hydrogen (secondary N) is 1. The van der Waals surface area contributed by atoms with Gasteiger partial charge in [0.15, 0.2) is 5.69 Å². The van der Waals surface area contributed by atoms with Crippen LogP contribution in [0.3, 0.4) is 0 Å². The highest BCUT2D eigenvalue weighted by Gasteiger charge is 2.39. The quantitative estimate of drug-likeness (QED) is 0.500. The number of anilines is 1. The number of hydrogen-bond donors (Lipinski definition) is 1. The van der Waals surface area contributed by atoms with Crippen LogP contribution in [0.15, 0.2) is 28.7 Å². The van der Waals surface area contributed by atoms with E-state index in [-0.39, 0.29) is 10.2 Å². The Balaban J connectivity index is 1.82. The minimum Gasteiger partial charge on any atom is -0.497 e. The second kappa shape index (κ2) is 8.97. The molecule has 3 rings (SSSR count). The lowest BCUT2D eigenvalue weighted by atomic mass is 10.2. The Hall–Kier alpha value is -2.82. The summed E-state index contributed by atoms with van der Waals surface area (Å²) in [6.07, 6.45) is -4.63. The van der Waals surface area contributed by atoms with E-state index in [4.69, 9.17) is 4.74 Å². The second-order valence-electron chi connectivity index (χ2n) is 7.41. The number of aryl methyl sites for hydroxylation is 1. The molecule has 7 nitrogen and oxygen atoms in total. The van der Waals surface area contributed by atoms with Crippen LogP contribution < -0.4 is 10.1 Å². The normalized spacial score (nSPS) is 12.7. The highest BCUT2D eigenvalue weighted by atomic mass is 79.9. The topological polar surface area (TPSA) is 74.0 Å². The van der Waals surface area contributed by atoms with Gasteiger partial charge in [-0.15, -0.1) is 0 Å². The Bertz CT molecular complexity index is 1150. The summed E-state index contributed by atoms with van der Waals surface area (Å²) in [5.41, 5.74) is 1.96. The number of halogens is 4. The summed E-state index contributed by atoms with van der Waals surface area (Å²) >= 11 is 2.93. The number of nitrogens with zero attached hydrogens (tertiary/aromatic N) is 4. The van der Waals surface area contributed by atoms with E-state index in [1.54, 1.807) is 18.7 Å². The van der Waals surface area contributed by atoms with Gasteiger partial charge in [0.25, 0.3) is 0 Å². The molecule has 2 heterocycles. The fourth-order valence-corrected chi connectivity index (χ4v) is 3.86. The molecule has 0 saturated carbocycles. The molecule has 0 aliphatic heterocycles. The number of benzene rings is 1. The van der Waals surface area contributed by atoms with E-state index in [1.807, 2.05) is 31.2 Å². The molecule has 1 unspecified atom stereocenters. The van der Waals surface area contributed by atoms with Crippen molar-refractivity contribution in [2.24, 2.45) is 0 Å². The number of methoxy groups -OCH3 is 1. The zero-order valence-electron chi connectivity index (χ0n) is 18.2. The number of hydrogen-bond acceptors (Lipinski definition) is 4. The largest absolute Gasteiger partial charge is 0.497 e. The van der Waals surface area contributed by atoms with E-state index in [9.17, 15) is 18.0 Å². The van der Waals surface area contributed by atoms with Crippen LogP contribution in [-0.4, -0.2) is 32.6 Å². The smallest absolute Gasteiger partial charge is 0.436 e. The lowest BCUT2D eigenvalue weighted by molar-refractivity contribution is -0.142. The first-order chi connectivity index (χ1) is 14.9. The average molecular weight is 514 g/mol. The van der Waals surface area contributed by atoms with Crippen LogP contribution >= 0.6 is 15.9 Å². The average Bonchev–Trinajstić information content (AvgIpc) is 3.18. The highest BCUT2D eigenvalue weighted by Crippen LogP contribution is 2.36. The van der Waals surface area contributed by atoms with Crippen molar-refractivity contribution in [2.75, 3.05) is 12.4 Å².